The number of hydrogen-bond donors (Lipinski definition) is 3. The molecule has 0 aliphatic heterocycles. The first kappa shape index (κ1) is 14.5. The standard InChI is InChI=1S/C12H15BrN2O3/c1-6(2)10(12(17)18)15-11(16)8-5-7(14)3-4-9(8)13/h3-6,10H,14H2,1-2H3,(H,15,16)(H,17,18)/t10-/m1/s1. The van der Waals surface area contributed by atoms with E-state index in [1.54, 1.807) is 26.0 Å². The molecule has 0 bridgehead atoms. The number of carboxylic acid groups (broad SMARTS) is 1. The van der Waals surface area contributed by atoms with Crippen molar-refractivity contribution in [2.45, 2.75) is 19.9 Å². The van der Waals surface area contributed by atoms with Crippen molar-refractivity contribution in [3.05, 3.63) is 28.2 Å². The van der Waals surface area contributed by atoms with E-state index < -0.39 is 17.9 Å². The van der Waals surface area contributed by atoms with Gasteiger partial charge in [-0.25, -0.2) is 4.79 Å². The molecule has 0 saturated heterocycles. The number of carbonyl (C=O) groups excluding carboxylic acids is 1. The van der Waals surface area contributed by atoms with Gasteiger partial charge >= 0.3 is 5.97 Å². The van der Waals surface area contributed by atoms with Gasteiger partial charge < -0.3 is 16.2 Å². The zero-order chi connectivity index (χ0) is 13.9. The van der Waals surface area contributed by atoms with E-state index in [1.807, 2.05) is 0 Å². The molecule has 0 unspecified atom stereocenters. The summed E-state index contributed by atoms with van der Waals surface area (Å²) in [5.74, 6) is -1.72. The zero-order valence-electron chi connectivity index (χ0n) is 10.1. The third kappa shape index (κ3) is 3.46. The lowest BCUT2D eigenvalue weighted by molar-refractivity contribution is -0.140. The Morgan fingerprint density at radius 1 is 1.39 bits per heavy atom. The number of benzene rings is 1. The fourth-order valence-electron chi connectivity index (χ4n) is 1.45. The molecule has 5 nitrogen and oxygen atoms in total. The van der Waals surface area contributed by atoms with Gasteiger partial charge in [0.25, 0.3) is 5.91 Å². The van der Waals surface area contributed by atoms with E-state index in [0.29, 0.717) is 15.7 Å². The van der Waals surface area contributed by atoms with Gasteiger partial charge in [-0.1, -0.05) is 13.8 Å². The maximum Gasteiger partial charge on any atom is 0.326 e. The minimum Gasteiger partial charge on any atom is -0.480 e. The lowest BCUT2D eigenvalue weighted by Gasteiger charge is -2.18. The number of rotatable bonds is 4. The summed E-state index contributed by atoms with van der Waals surface area (Å²) in [7, 11) is 0. The smallest absolute Gasteiger partial charge is 0.326 e. The van der Waals surface area contributed by atoms with E-state index in [0.717, 1.165) is 0 Å². The van der Waals surface area contributed by atoms with Gasteiger partial charge in [-0.15, -0.1) is 0 Å². The summed E-state index contributed by atoms with van der Waals surface area (Å²) in [4.78, 5) is 23.0. The molecule has 0 heterocycles. The van der Waals surface area contributed by atoms with E-state index in [-0.39, 0.29) is 5.92 Å². The first-order valence-electron chi connectivity index (χ1n) is 5.41. The van der Waals surface area contributed by atoms with Crippen molar-refractivity contribution in [1.29, 1.82) is 0 Å². The fourth-order valence-corrected chi connectivity index (χ4v) is 1.88. The summed E-state index contributed by atoms with van der Waals surface area (Å²) in [5, 5.41) is 11.5. The number of anilines is 1. The molecule has 98 valence electrons. The third-order valence-corrected chi connectivity index (χ3v) is 3.15. The molecule has 1 aromatic carbocycles. The molecular formula is C12H15BrN2O3. The molecule has 0 saturated carbocycles. The van der Waals surface area contributed by atoms with Crippen LogP contribution in [-0.4, -0.2) is 23.0 Å². The molecule has 0 spiro atoms. The van der Waals surface area contributed by atoms with Gasteiger partial charge in [0.2, 0.25) is 0 Å². The highest BCUT2D eigenvalue weighted by atomic mass is 79.9. The van der Waals surface area contributed by atoms with E-state index in [9.17, 15) is 9.59 Å². The lowest BCUT2D eigenvalue weighted by atomic mass is 10.0. The van der Waals surface area contributed by atoms with Crippen molar-refractivity contribution >= 4 is 33.5 Å². The molecule has 0 radical (unpaired) electrons. The van der Waals surface area contributed by atoms with Crippen molar-refractivity contribution in [3.8, 4) is 0 Å². The molecule has 1 amide bonds. The summed E-state index contributed by atoms with van der Waals surface area (Å²) in [6.07, 6.45) is 0. The number of amides is 1. The van der Waals surface area contributed by atoms with Crippen molar-refractivity contribution in [2.24, 2.45) is 5.92 Å². The molecule has 1 rings (SSSR count). The first-order chi connectivity index (χ1) is 8.32. The molecule has 0 fully saturated rings. The Hall–Kier alpha value is -1.56. The summed E-state index contributed by atoms with van der Waals surface area (Å²) in [6.45, 7) is 3.46. The molecule has 18 heavy (non-hydrogen) atoms. The number of aliphatic carboxylic acids is 1. The predicted octanol–water partition coefficient (Wildman–Crippen LogP) is 1.87. The number of halogens is 1. The zero-order valence-corrected chi connectivity index (χ0v) is 11.7. The Morgan fingerprint density at radius 3 is 2.50 bits per heavy atom. The van der Waals surface area contributed by atoms with Crippen LogP contribution in [0, 0.1) is 5.92 Å². The minimum atomic E-state index is -1.06. The second-order valence-electron chi connectivity index (χ2n) is 4.27. The Kier molecular flexibility index (Phi) is 4.72. The normalized spacial score (nSPS) is 12.2. The minimum absolute atomic E-state index is 0.203. The van der Waals surface area contributed by atoms with Crippen molar-refractivity contribution < 1.29 is 14.7 Å². The van der Waals surface area contributed by atoms with Gasteiger partial charge in [-0.3, -0.25) is 4.79 Å². The molecule has 6 heteroatoms. The molecule has 1 atom stereocenters. The highest BCUT2D eigenvalue weighted by molar-refractivity contribution is 9.10. The largest absolute Gasteiger partial charge is 0.480 e. The number of carboxylic acids is 1. The van der Waals surface area contributed by atoms with Crippen LogP contribution in [0.1, 0.15) is 24.2 Å². The number of hydrogen-bond acceptors (Lipinski definition) is 3. The summed E-state index contributed by atoms with van der Waals surface area (Å²) in [6, 6.07) is 3.87. The number of nitrogen functional groups attached to an aromatic ring is 1. The Morgan fingerprint density at radius 2 is 2.00 bits per heavy atom. The van der Waals surface area contributed by atoms with E-state index in [1.165, 1.54) is 6.07 Å². The van der Waals surface area contributed by atoms with E-state index >= 15 is 0 Å². The van der Waals surface area contributed by atoms with Crippen molar-refractivity contribution in [1.82, 2.24) is 5.32 Å². The Balaban J connectivity index is 2.94. The van der Waals surface area contributed by atoms with Crippen LogP contribution in [0.4, 0.5) is 5.69 Å². The maximum absolute atomic E-state index is 12.0. The van der Waals surface area contributed by atoms with Crippen LogP contribution >= 0.6 is 15.9 Å². The first-order valence-corrected chi connectivity index (χ1v) is 6.21. The number of carbonyl (C=O) groups is 2. The Labute approximate surface area is 113 Å². The van der Waals surface area contributed by atoms with Crippen molar-refractivity contribution in [3.63, 3.8) is 0 Å². The summed E-state index contributed by atoms with van der Waals surface area (Å²) < 4.78 is 0.571. The van der Waals surface area contributed by atoms with Crippen molar-refractivity contribution in [2.75, 3.05) is 5.73 Å². The highest BCUT2D eigenvalue weighted by Crippen LogP contribution is 2.19. The van der Waals surface area contributed by atoms with Gasteiger partial charge in [-0.05, 0) is 40.0 Å². The van der Waals surface area contributed by atoms with Gasteiger partial charge in [0, 0.05) is 10.2 Å². The van der Waals surface area contributed by atoms with Gasteiger partial charge in [-0.2, -0.15) is 0 Å². The molecule has 0 aliphatic carbocycles. The lowest BCUT2D eigenvalue weighted by Crippen LogP contribution is -2.44. The number of nitrogens with one attached hydrogen (secondary N) is 1. The van der Waals surface area contributed by atoms with E-state index in [4.69, 9.17) is 10.8 Å². The van der Waals surface area contributed by atoms with Crippen LogP contribution in [0.2, 0.25) is 0 Å². The van der Waals surface area contributed by atoms with Gasteiger partial charge in [0.05, 0.1) is 5.56 Å². The maximum atomic E-state index is 12.0. The van der Waals surface area contributed by atoms with Crippen LogP contribution in [0.15, 0.2) is 22.7 Å². The van der Waals surface area contributed by atoms with E-state index in [2.05, 4.69) is 21.2 Å². The van der Waals surface area contributed by atoms with Crippen LogP contribution in [0.5, 0.6) is 0 Å². The Bertz CT molecular complexity index is 474. The van der Waals surface area contributed by atoms with Gasteiger partial charge in [0.1, 0.15) is 6.04 Å². The van der Waals surface area contributed by atoms with Crippen LogP contribution < -0.4 is 11.1 Å². The monoisotopic (exact) mass is 314 g/mol. The highest BCUT2D eigenvalue weighted by Gasteiger charge is 2.24. The number of nitrogens with two attached hydrogens (primary N) is 1. The molecule has 1 aromatic rings. The summed E-state index contributed by atoms with van der Waals surface area (Å²) in [5.41, 5.74) is 6.36. The predicted molar refractivity (Wildman–Crippen MR) is 72.3 cm³/mol. The van der Waals surface area contributed by atoms with Gasteiger partial charge in [0.15, 0.2) is 0 Å². The fraction of sp³-hybridized carbons (Fsp3) is 0.333. The topological polar surface area (TPSA) is 92.4 Å². The molecular weight excluding hydrogens is 300 g/mol. The second-order valence-corrected chi connectivity index (χ2v) is 5.13. The molecule has 4 N–H and O–H groups in total. The van der Waals surface area contributed by atoms with Crippen LogP contribution in [0.25, 0.3) is 0 Å². The third-order valence-electron chi connectivity index (χ3n) is 2.45. The SMILES string of the molecule is CC(C)[C@@H](NC(=O)c1cc(N)ccc1Br)C(=O)O. The van der Waals surface area contributed by atoms with Crippen LogP contribution in [0.3, 0.4) is 0 Å². The average Bonchev–Trinajstić information content (AvgIpc) is 2.28. The second kappa shape index (κ2) is 5.86. The average molecular weight is 315 g/mol. The van der Waals surface area contributed by atoms with Crippen LogP contribution in [-0.2, 0) is 4.79 Å². The molecule has 0 aromatic heterocycles. The summed E-state index contributed by atoms with van der Waals surface area (Å²) >= 11 is 3.23. The quantitative estimate of drug-likeness (QED) is 0.740. The molecule has 0 aliphatic rings.